The van der Waals surface area contributed by atoms with Crippen LogP contribution in [-0.4, -0.2) is 51.2 Å². The second kappa shape index (κ2) is 10.5. The monoisotopic (exact) mass is 489 g/mol. The number of carbonyl (C=O) groups excluding carboxylic acids is 1. The molecule has 1 saturated heterocycles. The van der Waals surface area contributed by atoms with Crippen molar-refractivity contribution in [2.75, 3.05) is 13.1 Å². The summed E-state index contributed by atoms with van der Waals surface area (Å²) in [6, 6.07) is 25.4. The van der Waals surface area contributed by atoms with Gasteiger partial charge < -0.3 is 19.7 Å². The smallest absolute Gasteiger partial charge is 0.410 e. The van der Waals surface area contributed by atoms with E-state index in [4.69, 9.17) is 16.3 Å². The predicted molar refractivity (Wildman–Crippen MR) is 137 cm³/mol. The Hall–Kier alpha value is -3.32. The zero-order valence-electron chi connectivity index (χ0n) is 19.3. The van der Waals surface area contributed by atoms with Crippen LogP contribution in [0.4, 0.5) is 4.79 Å². The van der Waals surface area contributed by atoms with Crippen LogP contribution in [0, 0.1) is 0 Å². The summed E-state index contributed by atoms with van der Waals surface area (Å²) >= 11 is 6.25. The lowest BCUT2D eigenvalue weighted by atomic mass is 10.1. The first-order chi connectivity index (χ1) is 17.1. The number of nitrogens with one attached hydrogen (secondary N) is 1. The van der Waals surface area contributed by atoms with E-state index in [2.05, 4.69) is 28.1 Å². The molecular formula is C28H28ClN3O3. The number of aliphatic hydroxyl groups excluding tert-OH is 1. The molecule has 180 valence electrons. The van der Waals surface area contributed by atoms with Gasteiger partial charge in [0.05, 0.1) is 18.7 Å². The molecule has 0 bridgehead atoms. The summed E-state index contributed by atoms with van der Waals surface area (Å²) in [4.78, 5) is 19.9. The largest absolute Gasteiger partial charge is 0.445 e. The summed E-state index contributed by atoms with van der Waals surface area (Å²) in [6.45, 7) is 2.04. The maximum absolute atomic E-state index is 12.8. The van der Waals surface area contributed by atoms with E-state index in [9.17, 15) is 9.90 Å². The number of H-pyrrole nitrogens is 1. The van der Waals surface area contributed by atoms with E-state index in [1.54, 1.807) is 4.90 Å². The number of nitrogens with zero attached hydrogens (tertiary/aromatic N) is 2. The fraction of sp³-hybridized carbons (Fsp3) is 0.250. The minimum absolute atomic E-state index is 0.207. The highest BCUT2D eigenvalue weighted by atomic mass is 35.5. The Labute approximate surface area is 209 Å². The van der Waals surface area contributed by atoms with Crippen LogP contribution in [0.5, 0.6) is 0 Å². The van der Waals surface area contributed by atoms with Gasteiger partial charge in [0, 0.05) is 41.8 Å². The topological polar surface area (TPSA) is 68.8 Å². The van der Waals surface area contributed by atoms with E-state index >= 15 is 0 Å². The van der Waals surface area contributed by atoms with Gasteiger partial charge >= 0.3 is 6.09 Å². The maximum Gasteiger partial charge on any atom is 0.410 e. The molecule has 0 aliphatic carbocycles. The maximum atomic E-state index is 12.8. The number of benzene rings is 3. The number of aromatic amines is 1. The number of halogens is 1. The van der Waals surface area contributed by atoms with Crippen molar-refractivity contribution in [2.24, 2.45) is 0 Å². The van der Waals surface area contributed by atoms with Crippen LogP contribution >= 0.6 is 11.6 Å². The zero-order valence-corrected chi connectivity index (χ0v) is 20.1. The average Bonchev–Trinajstić information content (AvgIpc) is 3.50. The summed E-state index contributed by atoms with van der Waals surface area (Å²) in [5.41, 5.74) is 4.21. The molecule has 0 saturated carbocycles. The van der Waals surface area contributed by atoms with Crippen molar-refractivity contribution in [3.05, 3.63) is 107 Å². The minimum atomic E-state index is -0.691. The number of fused-ring (bicyclic) bond motifs is 1. The Morgan fingerprint density at radius 1 is 1.00 bits per heavy atom. The molecule has 2 N–H and O–H groups in total. The zero-order chi connectivity index (χ0) is 24.2. The number of aliphatic hydroxyl groups is 1. The Bertz CT molecular complexity index is 1290. The van der Waals surface area contributed by atoms with Crippen LogP contribution < -0.4 is 0 Å². The molecule has 0 unspecified atom stereocenters. The van der Waals surface area contributed by atoms with Gasteiger partial charge in [0.25, 0.3) is 0 Å². The minimum Gasteiger partial charge on any atom is -0.445 e. The summed E-state index contributed by atoms with van der Waals surface area (Å²) < 4.78 is 5.52. The highest BCUT2D eigenvalue weighted by Crippen LogP contribution is 2.26. The Morgan fingerprint density at radius 2 is 1.80 bits per heavy atom. The molecule has 0 radical (unpaired) electrons. The van der Waals surface area contributed by atoms with E-state index in [0.29, 0.717) is 24.7 Å². The van der Waals surface area contributed by atoms with E-state index < -0.39 is 12.2 Å². The highest BCUT2D eigenvalue weighted by Gasteiger charge is 2.38. The van der Waals surface area contributed by atoms with E-state index in [0.717, 1.165) is 27.6 Å². The van der Waals surface area contributed by atoms with Gasteiger partial charge in [-0.3, -0.25) is 4.90 Å². The van der Waals surface area contributed by atoms with Crippen molar-refractivity contribution < 1.29 is 14.6 Å². The predicted octanol–water partition coefficient (Wildman–Crippen LogP) is 5.21. The lowest BCUT2D eigenvalue weighted by Crippen LogP contribution is -2.42. The molecule has 1 amide bonds. The van der Waals surface area contributed by atoms with Crippen molar-refractivity contribution in [2.45, 2.75) is 31.8 Å². The molecule has 35 heavy (non-hydrogen) atoms. The Morgan fingerprint density at radius 3 is 2.63 bits per heavy atom. The molecule has 1 aliphatic heterocycles. The first-order valence-corrected chi connectivity index (χ1v) is 12.1. The van der Waals surface area contributed by atoms with Crippen LogP contribution in [0.2, 0.25) is 5.02 Å². The normalized spacial score (nSPS) is 17.9. The van der Waals surface area contributed by atoms with Crippen molar-refractivity contribution in [3.63, 3.8) is 0 Å². The fourth-order valence-electron chi connectivity index (χ4n) is 4.76. The van der Waals surface area contributed by atoms with Crippen LogP contribution in [-0.2, 0) is 24.4 Å². The van der Waals surface area contributed by atoms with Crippen molar-refractivity contribution in [1.29, 1.82) is 0 Å². The van der Waals surface area contributed by atoms with Gasteiger partial charge in [0.15, 0.2) is 0 Å². The SMILES string of the molecule is O=C(OCc1ccccc1)N1C[C@@H](O)[C@H](N(Cc2cccc(Cl)c2)Cc2cccc3[nH]ccc23)C1. The van der Waals surface area contributed by atoms with Gasteiger partial charge in [-0.25, -0.2) is 4.79 Å². The molecule has 6 nitrogen and oxygen atoms in total. The fourth-order valence-corrected chi connectivity index (χ4v) is 4.97. The molecule has 4 aromatic rings. The standard InChI is InChI=1S/C28H28ClN3O3/c29-23-10-4-8-21(14-23)15-31(16-22-9-5-11-25-24(22)12-13-30-25)26-17-32(18-27(26)33)28(34)35-19-20-6-2-1-3-7-20/h1-14,26-27,30,33H,15-19H2/t26-,27-/m1/s1. The first-order valence-electron chi connectivity index (χ1n) is 11.7. The molecule has 1 fully saturated rings. The van der Waals surface area contributed by atoms with Crippen molar-refractivity contribution >= 4 is 28.6 Å². The second-order valence-electron chi connectivity index (χ2n) is 8.97. The number of aromatic nitrogens is 1. The molecule has 3 aromatic carbocycles. The molecule has 2 atom stereocenters. The van der Waals surface area contributed by atoms with Crippen LogP contribution in [0.25, 0.3) is 10.9 Å². The number of rotatable bonds is 7. The molecule has 7 heteroatoms. The first kappa shape index (κ1) is 23.4. The summed E-state index contributed by atoms with van der Waals surface area (Å²) in [5.74, 6) is 0. The summed E-state index contributed by atoms with van der Waals surface area (Å²) in [7, 11) is 0. The summed E-state index contributed by atoms with van der Waals surface area (Å²) in [5, 5.41) is 12.8. The van der Waals surface area contributed by atoms with Gasteiger partial charge in [0.2, 0.25) is 0 Å². The van der Waals surface area contributed by atoms with Gasteiger partial charge in [-0.1, -0.05) is 66.2 Å². The lowest BCUT2D eigenvalue weighted by Gasteiger charge is -2.31. The van der Waals surface area contributed by atoms with Gasteiger partial charge in [-0.15, -0.1) is 0 Å². The molecule has 0 spiro atoms. The lowest BCUT2D eigenvalue weighted by molar-refractivity contribution is 0.0731. The number of hydrogen-bond donors (Lipinski definition) is 2. The highest BCUT2D eigenvalue weighted by molar-refractivity contribution is 6.30. The van der Waals surface area contributed by atoms with Crippen molar-refractivity contribution in [3.8, 4) is 0 Å². The molecule has 1 aliphatic rings. The molecule has 1 aromatic heterocycles. The average molecular weight is 490 g/mol. The Kier molecular flexibility index (Phi) is 7.04. The van der Waals surface area contributed by atoms with Crippen LogP contribution in [0.3, 0.4) is 0 Å². The van der Waals surface area contributed by atoms with Crippen LogP contribution in [0.1, 0.15) is 16.7 Å². The van der Waals surface area contributed by atoms with Crippen LogP contribution in [0.15, 0.2) is 85.1 Å². The number of ether oxygens (including phenoxy) is 1. The quantitative estimate of drug-likeness (QED) is 0.374. The second-order valence-corrected chi connectivity index (χ2v) is 9.41. The number of hydrogen-bond acceptors (Lipinski definition) is 4. The number of β-amino-alcohol motifs (C(OH)–C–C–N with tert-alkyl or cyclic N) is 1. The molecular weight excluding hydrogens is 462 g/mol. The third-order valence-corrected chi connectivity index (χ3v) is 6.76. The number of carbonyl (C=O) groups is 1. The third kappa shape index (κ3) is 5.51. The summed E-state index contributed by atoms with van der Waals surface area (Å²) in [6.07, 6.45) is 0.833. The third-order valence-electron chi connectivity index (χ3n) is 6.52. The Balaban J connectivity index is 1.34. The van der Waals surface area contributed by atoms with E-state index in [1.807, 2.05) is 66.9 Å². The van der Waals surface area contributed by atoms with Gasteiger partial charge in [-0.2, -0.15) is 0 Å². The van der Waals surface area contributed by atoms with E-state index in [-0.39, 0.29) is 19.2 Å². The van der Waals surface area contributed by atoms with Gasteiger partial charge in [-0.05, 0) is 41.0 Å². The van der Waals surface area contributed by atoms with Gasteiger partial charge in [0.1, 0.15) is 6.61 Å². The molecule has 2 heterocycles. The number of amides is 1. The van der Waals surface area contributed by atoms with Crippen molar-refractivity contribution in [1.82, 2.24) is 14.8 Å². The van der Waals surface area contributed by atoms with E-state index in [1.165, 1.54) is 0 Å². The molecule has 5 rings (SSSR count). The number of likely N-dealkylation sites (tertiary alicyclic amines) is 1.